The van der Waals surface area contributed by atoms with Crippen LogP contribution in [-0.2, 0) is 13.2 Å². The van der Waals surface area contributed by atoms with E-state index in [-0.39, 0.29) is 16.3 Å². The quantitative estimate of drug-likeness (QED) is 0.643. The van der Waals surface area contributed by atoms with Crippen molar-refractivity contribution in [2.45, 2.75) is 6.18 Å². The second-order valence-electron chi connectivity index (χ2n) is 4.46. The highest BCUT2D eigenvalue weighted by atomic mass is 35.5. The number of nitrogens with zero attached hydrogens (tertiary/aromatic N) is 4. The Labute approximate surface area is 122 Å². The number of pyridine rings is 2. The van der Waals surface area contributed by atoms with Gasteiger partial charge in [0.05, 0.1) is 11.0 Å². The van der Waals surface area contributed by atoms with Crippen LogP contribution in [-0.4, -0.2) is 19.7 Å². The van der Waals surface area contributed by atoms with E-state index in [1.807, 2.05) is 0 Å². The molecule has 0 atom stereocenters. The zero-order chi connectivity index (χ0) is 15.2. The molecule has 4 nitrogen and oxygen atoms in total. The minimum absolute atomic E-state index is 0.0406. The first-order valence-corrected chi connectivity index (χ1v) is 6.26. The molecule has 0 radical (unpaired) electrons. The summed E-state index contributed by atoms with van der Waals surface area (Å²) in [6.07, 6.45) is -1.87. The van der Waals surface area contributed by atoms with E-state index in [2.05, 4.69) is 15.1 Å². The Bertz CT molecular complexity index is 826. The summed E-state index contributed by atoms with van der Waals surface area (Å²) in [5.74, 6) is 0. The number of hydrogen-bond acceptors (Lipinski definition) is 3. The Morgan fingerprint density at radius 1 is 1.19 bits per heavy atom. The minimum atomic E-state index is -4.53. The Morgan fingerprint density at radius 3 is 2.67 bits per heavy atom. The molecule has 8 heteroatoms. The summed E-state index contributed by atoms with van der Waals surface area (Å²) < 4.78 is 40.1. The molecule has 3 heterocycles. The van der Waals surface area contributed by atoms with Crippen LogP contribution >= 0.6 is 11.6 Å². The van der Waals surface area contributed by atoms with Gasteiger partial charge < -0.3 is 0 Å². The van der Waals surface area contributed by atoms with Gasteiger partial charge in [0.1, 0.15) is 5.15 Å². The first-order valence-electron chi connectivity index (χ1n) is 5.88. The predicted octanol–water partition coefficient (Wildman–Crippen LogP) is 3.70. The molecule has 3 aromatic rings. The van der Waals surface area contributed by atoms with Crippen molar-refractivity contribution in [1.82, 2.24) is 19.7 Å². The van der Waals surface area contributed by atoms with Gasteiger partial charge in [-0.2, -0.15) is 18.3 Å². The Hall–Kier alpha value is -2.15. The summed E-state index contributed by atoms with van der Waals surface area (Å²) >= 11 is 5.79. The number of aryl methyl sites for hydroxylation is 1. The van der Waals surface area contributed by atoms with Gasteiger partial charge >= 0.3 is 6.18 Å². The summed E-state index contributed by atoms with van der Waals surface area (Å²) in [5.41, 5.74) is 0.282. The van der Waals surface area contributed by atoms with Crippen molar-refractivity contribution < 1.29 is 13.2 Å². The van der Waals surface area contributed by atoms with E-state index in [4.69, 9.17) is 11.6 Å². The fraction of sp³-hybridized carbons (Fsp3) is 0.154. The minimum Gasteiger partial charge on any atom is -0.275 e. The molecule has 0 N–H and O–H groups in total. The molecule has 108 valence electrons. The zero-order valence-corrected chi connectivity index (χ0v) is 11.4. The van der Waals surface area contributed by atoms with Gasteiger partial charge in [-0.3, -0.25) is 9.67 Å². The van der Waals surface area contributed by atoms with Crippen molar-refractivity contribution in [3.8, 4) is 11.1 Å². The highest BCUT2D eigenvalue weighted by Gasteiger charge is 2.37. The predicted molar refractivity (Wildman–Crippen MR) is 71.8 cm³/mol. The van der Waals surface area contributed by atoms with Crippen molar-refractivity contribution in [3.63, 3.8) is 0 Å². The van der Waals surface area contributed by atoms with Gasteiger partial charge in [0, 0.05) is 30.6 Å². The first kappa shape index (κ1) is 13.8. The van der Waals surface area contributed by atoms with E-state index in [1.165, 1.54) is 25.5 Å². The third kappa shape index (κ3) is 2.56. The van der Waals surface area contributed by atoms with Crippen molar-refractivity contribution in [2.24, 2.45) is 7.05 Å². The van der Waals surface area contributed by atoms with E-state index in [9.17, 15) is 13.2 Å². The molecular weight excluding hydrogens is 305 g/mol. The molecule has 0 bridgehead atoms. The van der Waals surface area contributed by atoms with E-state index in [0.717, 1.165) is 4.68 Å². The third-order valence-electron chi connectivity index (χ3n) is 2.91. The van der Waals surface area contributed by atoms with E-state index >= 15 is 0 Å². The van der Waals surface area contributed by atoms with Crippen molar-refractivity contribution in [3.05, 3.63) is 41.4 Å². The number of rotatable bonds is 1. The lowest BCUT2D eigenvalue weighted by atomic mass is 10.1. The summed E-state index contributed by atoms with van der Waals surface area (Å²) in [5, 5.41) is 3.73. The summed E-state index contributed by atoms with van der Waals surface area (Å²) in [6.45, 7) is 0. The molecular formula is C13H8ClF3N4. The molecule has 0 saturated heterocycles. The molecule has 3 aromatic heterocycles. The van der Waals surface area contributed by atoms with Crippen LogP contribution in [0.1, 0.15) is 5.69 Å². The lowest BCUT2D eigenvalue weighted by Crippen LogP contribution is -2.08. The van der Waals surface area contributed by atoms with Gasteiger partial charge in [-0.15, -0.1) is 0 Å². The summed E-state index contributed by atoms with van der Waals surface area (Å²) in [4.78, 5) is 8.16. The molecule has 0 aromatic carbocycles. The maximum atomic E-state index is 13.0. The van der Waals surface area contributed by atoms with Crippen molar-refractivity contribution in [1.29, 1.82) is 0 Å². The number of aromatic nitrogens is 4. The number of fused-ring (bicyclic) bond motifs is 1. The molecule has 0 unspecified atom stereocenters. The smallest absolute Gasteiger partial charge is 0.275 e. The lowest BCUT2D eigenvalue weighted by molar-refractivity contribution is -0.140. The van der Waals surface area contributed by atoms with Crippen LogP contribution in [0.15, 0.2) is 30.6 Å². The average Bonchev–Trinajstić information content (AvgIpc) is 2.80. The molecule has 0 aliphatic carbocycles. The van der Waals surface area contributed by atoms with Gasteiger partial charge in [-0.05, 0) is 18.2 Å². The summed E-state index contributed by atoms with van der Waals surface area (Å²) in [6, 6.07) is 4.74. The largest absolute Gasteiger partial charge is 0.435 e. The van der Waals surface area contributed by atoms with Crippen LogP contribution in [0, 0.1) is 0 Å². The Morgan fingerprint density at radius 2 is 1.95 bits per heavy atom. The second kappa shape index (κ2) is 4.70. The van der Waals surface area contributed by atoms with Gasteiger partial charge in [0.15, 0.2) is 5.69 Å². The van der Waals surface area contributed by atoms with Crippen LogP contribution in [0.5, 0.6) is 0 Å². The maximum absolute atomic E-state index is 13.0. The van der Waals surface area contributed by atoms with Crippen LogP contribution in [0.25, 0.3) is 22.2 Å². The molecule has 0 aliphatic rings. The van der Waals surface area contributed by atoms with Crippen LogP contribution in [0.2, 0.25) is 5.15 Å². The van der Waals surface area contributed by atoms with Crippen LogP contribution in [0.4, 0.5) is 13.2 Å². The van der Waals surface area contributed by atoms with Gasteiger partial charge in [0.25, 0.3) is 0 Å². The van der Waals surface area contributed by atoms with Crippen molar-refractivity contribution >= 4 is 22.6 Å². The monoisotopic (exact) mass is 312 g/mol. The topological polar surface area (TPSA) is 43.6 Å². The highest BCUT2D eigenvalue weighted by molar-refractivity contribution is 6.29. The molecule has 3 rings (SSSR count). The van der Waals surface area contributed by atoms with Crippen molar-refractivity contribution in [2.75, 3.05) is 0 Å². The fourth-order valence-corrected chi connectivity index (χ4v) is 2.19. The van der Waals surface area contributed by atoms with E-state index in [0.29, 0.717) is 11.0 Å². The normalized spacial score (nSPS) is 12.0. The maximum Gasteiger partial charge on any atom is 0.435 e. The average molecular weight is 313 g/mol. The highest BCUT2D eigenvalue weighted by Crippen LogP contribution is 2.36. The molecule has 0 spiro atoms. The van der Waals surface area contributed by atoms with Crippen LogP contribution < -0.4 is 0 Å². The van der Waals surface area contributed by atoms with Gasteiger partial charge in [-0.25, -0.2) is 4.98 Å². The zero-order valence-electron chi connectivity index (χ0n) is 10.7. The number of halogens is 4. The number of alkyl halides is 3. The molecule has 0 aliphatic heterocycles. The Balaban J connectivity index is 2.21. The van der Waals surface area contributed by atoms with Gasteiger partial charge in [-0.1, -0.05) is 11.6 Å². The van der Waals surface area contributed by atoms with Gasteiger partial charge in [0.2, 0.25) is 0 Å². The number of hydrogen-bond donors (Lipinski definition) is 0. The fourth-order valence-electron chi connectivity index (χ4n) is 2.04. The molecule has 0 fully saturated rings. The first-order chi connectivity index (χ1) is 9.84. The van der Waals surface area contributed by atoms with E-state index < -0.39 is 11.9 Å². The van der Waals surface area contributed by atoms with E-state index in [1.54, 1.807) is 12.1 Å². The third-order valence-corrected chi connectivity index (χ3v) is 3.12. The Kier molecular flexibility index (Phi) is 3.09. The molecule has 0 saturated carbocycles. The lowest BCUT2D eigenvalue weighted by Gasteiger charge is -2.06. The molecule has 0 amide bonds. The standard InChI is InChI=1S/C13H8ClF3N4/c1-21-6-8(12(20-21)13(15,16)17)7-4-10-9(18-5-7)2-3-11(14)19-10/h2-6H,1H3. The summed E-state index contributed by atoms with van der Waals surface area (Å²) in [7, 11) is 1.43. The second-order valence-corrected chi connectivity index (χ2v) is 4.85. The molecule has 21 heavy (non-hydrogen) atoms. The van der Waals surface area contributed by atoms with Crippen LogP contribution in [0.3, 0.4) is 0 Å². The SMILES string of the molecule is Cn1cc(-c2cnc3ccc(Cl)nc3c2)c(C(F)(F)F)n1.